The summed E-state index contributed by atoms with van der Waals surface area (Å²) in [6.45, 7) is 6.70. The first-order valence-electron chi connectivity index (χ1n) is 5.44. The summed E-state index contributed by atoms with van der Waals surface area (Å²) in [4.78, 5) is 0. The summed E-state index contributed by atoms with van der Waals surface area (Å²) < 4.78 is 10.6. The van der Waals surface area contributed by atoms with Crippen molar-refractivity contribution in [1.29, 1.82) is 0 Å². The van der Waals surface area contributed by atoms with E-state index in [1.165, 1.54) is 6.42 Å². The first kappa shape index (κ1) is 10.4. The summed E-state index contributed by atoms with van der Waals surface area (Å²) in [7, 11) is 0. The van der Waals surface area contributed by atoms with Gasteiger partial charge < -0.3 is 20.1 Å². The molecule has 2 aliphatic heterocycles. The smallest absolute Gasteiger partial charge is 0.147 e. The van der Waals surface area contributed by atoms with Gasteiger partial charge in [-0.2, -0.15) is 0 Å². The molecule has 2 rings (SSSR count). The van der Waals surface area contributed by atoms with E-state index >= 15 is 0 Å². The summed E-state index contributed by atoms with van der Waals surface area (Å²) in [5.41, 5.74) is 0.266. The second kappa shape index (κ2) is 4.57. The van der Waals surface area contributed by atoms with Crippen molar-refractivity contribution in [3.8, 4) is 0 Å². The number of nitrogens with one attached hydrogen (secondary N) is 2. The molecule has 2 unspecified atom stereocenters. The highest BCUT2D eigenvalue weighted by atomic mass is 16.7. The van der Waals surface area contributed by atoms with E-state index in [0.29, 0.717) is 12.9 Å². The predicted octanol–water partition coefficient (Wildman–Crippen LogP) is 0.0910. The van der Waals surface area contributed by atoms with Gasteiger partial charge in [0.15, 0.2) is 0 Å². The molecule has 0 amide bonds. The molecular formula is C10H20N2O2. The van der Waals surface area contributed by atoms with Crippen LogP contribution in [0.1, 0.15) is 19.8 Å². The Kier molecular flexibility index (Phi) is 3.38. The molecule has 2 saturated heterocycles. The lowest BCUT2D eigenvalue weighted by Crippen LogP contribution is -2.48. The minimum absolute atomic E-state index is 0.266. The Morgan fingerprint density at radius 2 is 2.50 bits per heavy atom. The maximum Gasteiger partial charge on any atom is 0.147 e. The van der Waals surface area contributed by atoms with Gasteiger partial charge in [-0.15, -0.1) is 0 Å². The van der Waals surface area contributed by atoms with Crippen LogP contribution in [0.5, 0.6) is 0 Å². The molecule has 0 aromatic carbocycles. The Bertz CT molecular complexity index is 175. The Balaban J connectivity index is 1.70. The number of hydrogen-bond donors (Lipinski definition) is 2. The maximum absolute atomic E-state index is 5.48. The van der Waals surface area contributed by atoms with Gasteiger partial charge in [-0.05, 0) is 26.3 Å². The van der Waals surface area contributed by atoms with Crippen LogP contribution in [0.4, 0.5) is 0 Å². The van der Waals surface area contributed by atoms with Gasteiger partial charge in [-0.3, -0.25) is 0 Å². The van der Waals surface area contributed by atoms with E-state index < -0.39 is 0 Å². The Hall–Kier alpha value is -0.160. The number of ether oxygens (including phenoxy) is 2. The van der Waals surface area contributed by atoms with E-state index in [-0.39, 0.29) is 5.54 Å². The van der Waals surface area contributed by atoms with E-state index in [2.05, 4.69) is 17.6 Å². The average molecular weight is 200 g/mol. The van der Waals surface area contributed by atoms with Gasteiger partial charge in [-0.25, -0.2) is 0 Å². The van der Waals surface area contributed by atoms with Crippen molar-refractivity contribution in [3.63, 3.8) is 0 Å². The largest absolute Gasteiger partial charge is 0.355 e. The second-order valence-corrected chi connectivity index (χ2v) is 4.47. The Morgan fingerprint density at radius 1 is 1.57 bits per heavy atom. The lowest BCUT2D eigenvalue weighted by molar-refractivity contribution is -0.138. The second-order valence-electron chi connectivity index (χ2n) is 4.47. The van der Waals surface area contributed by atoms with E-state index in [9.17, 15) is 0 Å². The first-order valence-corrected chi connectivity index (χ1v) is 5.44. The highest BCUT2D eigenvalue weighted by molar-refractivity contribution is 4.92. The van der Waals surface area contributed by atoms with E-state index in [0.717, 1.165) is 32.7 Å². The molecule has 0 aromatic heterocycles. The molecule has 2 N–H and O–H groups in total. The fraction of sp³-hybridized carbons (Fsp3) is 1.00. The molecule has 14 heavy (non-hydrogen) atoms. The highest BCUT2D eigenvalue weighted by Crippen LogP contribution is 2.14. The first-order chi connectivity index (χ1) is 6.79. The molecule has 82 valence electrons. The summed E-state index contributed by atoms with van der Waals surface area (Å²) >= 11 is 0. The molecule has 0 bridgehead atoms. The molecule has 0 spiro atoms. The van der Waals surface area contributed by atoms with Crippen molar-refractivity contribution in [2.75, 3.05) is 33.0 Å². The fourth-order valence-corrected chi connectivity index (χ4v) is 1.99. The quantitative estimate of drug-likeness (QED) is 0.677. The molecule has 2 atom stereocenters. The molecule has 4 heteroatoms. The van der Waals surface area contributed by atoms with Crippen LogP contribution in [0.25, 0.3) is 0 Å². The van der Waals surface area contributed by atoms with Crippen molar-refractivity contribution in [2.45, 2.75) is 31.4 Å². The van der Waals surface area contributed by atoms with Gasteiger partial charge in [0.1, 0.15) is 6.79 Å². The van der Waals surface area contributed by atoms with Crippen LogP contribution in [0.3, 0.4) is 0 Å². The van der Waals surface area contributed by atoms with Gasteiger partial charge in [-0.1, -0.05) is 0 Å². The highest BCUT2D eigenvalue weighted by Gasteiger charge is 2.28. The third kappa shape index (κ3) is 2.67. The van der Waals surface area contributed by atoms with Crippen LogP contribution in [0, 0.1) is 0 Å². The van der Waals surface area contributed by atoms with Crippen LogP contribution < -0.4 is 10.6 Å². The zero-order valence-corrected chi connectivity index (χ0v) is 8.84. The standard InChI is InChI=1S/C10H20N2O2/c1-10(3-4-11-7-10)12-6-9-2-5-13-8-14-9/h9,11-12H,2-8H2,1H3. The van der Waals surface area contributed by atoms with Gasteiger partial charge in [0, 0.05) is 18.6 Å². The molecule has 0 saturated carbocycles. The monoisotopic (exact) mass is 200 g/mol. The number of hydrogen-bond acceptors (Lipinski definition) is 4. The summed E-state index contributed by atoms with van der Waals surface area (Å²) in [6.07, 6.45) is 2.55. The van der Waals surface area contributed by atoms with Crippen LogP contribution in [0.2, 0.25) is 0 Å². The Labute approximate surface area is 85.3 Å². The molecule has 2 fully saturated rings. The third-order valence-electron chi connectivity index (χ3n) is 3.10. The lowest BCUT2D eigenvalue weighted by Gasteiger charge is -2.29. The summed E-state index contributed by atoms with van der Waals surface area (Å²) in [5.74, 6) is 0. The van der Waals surface area contributed by atoms with E-state index in [1.807, 2.05) is 0 Å². The third-order valence-corrected chi connectivity index (χ3v) is 3.10. The molecule has 4 nitrogen and oxygen atoms in total. The molecule has 0 aromatic rings. The van der Waals surface area contributed by atoms with Crippen LogP contribution in [-0.4, -0.2) is 44.7 Å². The van der Waals surface area contributed by atoms with Crippen molar-refractivity contribution >= 4 is 0 Å². The SMILES string of the molecule is CC1(NCC2CCOCO2)CCNC1. The van der Waals surface area contributed by atoms with E-state index in [1.54, 1.807) is 0 Å². The molecule has 2 aliphatic rings. The van der Waals surface area contributed by atoms with Crippen molar-refractivity contribution in [2.24, 2.45) is 0 Å². The zero-order valence-electron chi connectivity index (χ0n) is 8.84. The van der Waals surface area contributed by atoms with Crippen LogP contribution >= 0.6 is 0 Å². The van der Waals surface area contributed by atoms with Gasteiger partial charge >= 0.3 is 0 Å². The maximum atomic E-state index is 5.48. The Morgan fingerprint density at radius 3 is 3.14 bits per heavy atom. The molecular weight excluding hydrogens is 180 g/mol. The van der Waals surface area contributed by atoms with Crippen molar-refractivity contribution in [1.82, 2.24) is 10.6 Å². The van der Waals surface area contributed by atoms with Gasteiger partial charge in [0.05, 0.1) is 12.7 Å². The van der Waals surface area contributed by atoms with Crippen molar-refractivity contribution in [3.05, 3.63) is 0 Å². The van der Waals surface area contributed by atoms with Crippen LogP contribution in [0.15, 0.2) is 0 Å². The molecule has 0 radical (unpaired) electrons. The molecule has 2 heterocycles. The summed E-state index contributed by atoms with van der Waals surface area (Å²) in [6, 6.07) is 0. The predicted molar refractivity (Wildman–Crippen MR) is 54.2 cm³/mol. The van der Waals surface area contributed by atoms with Crippen LogP contribution in [-0.2, 0) is 9.47 Å². The minimum atomic E-state index is 0.266. The minimum Gasteiger partial charge on any atom is -0.355 e. The normalized spacial score (nSPS) is 38.8. The topological polar surface area (TPSA) is 42.5 Å². The zero-order chi connectivity index (χ0) is 9.86. The summed E-state index contributed by atoms with van der Waals surface area (Å²) in [5, 5.41) is 6.96. The van der Waals surface area contributed by atoms with E-state index in [4.69, 9.17) is 9.47 Å². The lowest BCUT2D eigenvalue weighted by atomic mass is 10.0. The number of rotatable bonds is 3. The molecule has 0 aliphatic carbocycles. The van der Waals surface area contributed by atoms with Crippen molar-refractivity contribution < 1.29 is 9.47 Å². The average Bonchev–Trinajstić information content (AvgIpc) is 2.65. The van der Waals surface area contributed by atoms with Gasteiger partial charge in [0.25, 0.3) is 0 Å². The van der Waals surface area contributed by atoms with Gasteiger partial charge in [0.2, 0.25) is 0 Å². The fourth-order valence-electron chi connectivity index (χ4n) is 1.99.